The van der Waals surface area contributed by atoms with Crippen LogP contribution in [0.25, 0.3) is 0 Å². The van der Waals surface area contributed by atoms with Crippen LogP contribution in [0.1, 0.15) is 12.7 Å². The van der Waals surface area contributed by atoms with E-state index in [1.54, 1.807) is 24.9 Å². The van der Waals surface area contributed by atoms with Gasteiger partial charge in [0.15, 0.2) is 5.82 Å². The van der Waals surface area contributed by atoms with Crippen LogP contribution in [0.3, 0.4) is 0 Å². The lowest BCUT2D eigenvalue weighted by Gasteiger charge is -2.14. The van der Waals surface area contributed by atoms with Crippen molar-refractivity contribution in [3.63, 3.8) is 0 Å². The Kier molecular flexibility index (Phi) is 6.03. The average Bonchev–Trinajstić information content (AvgIpc) is 2.29. The summed E-state index contributed by atoms with van der Waals surface area (Å²) in [6, 6.07) is 2.11. The minimum absolute atomic E-state index is 0.334. The van der Waals surface area contributed by atoms with Crippen molar-refractivity contribution < 1.29 is 4.74 Å². The molecule has 0 radical (unpaired) electrons. The van der Waals surface area contributed by atoms with E-state index >= 15 is 0 Å². The number of aromatic nitrogens is 2. The van der Waals surface area contributed by atoms with Crippen LogP contribution in [0.2, 0.25) is 0 Å². The molecule has 0 aromatic carbocycles. The molecule has 0 aliphatic heterocycles. The Labute approximate surface area is 106 Å². The van der Waals surface area contributed by atoms with Crippen molar-refractivity contribution in [3.8, 4) is 0 Å². The number of methoxy groups -OCH3 is 1. The molecular weight excluding hydrogens is 238 g/mol. The molecule has 1 aromatic heterocycles. The largest absolute Gasteiger partial charge is 0.377 e. The smallest absolute Gasteiger partial charge is 0.158 e. The zero-order valence-corrected chi connectivity index (χ0v) is 11.2. The highest BCUT2D eigenvalue weighted by molar-refractivity contribution is 7.98. The zero-order chi connectivity index (χ0) is 12.7. The number of nitrogens with one attached hydrogen (secondary N) is 2. The second-order valence-electron chi connectivity index (χ2n) is 3.63. The molecule has 1 unspecified atom stereocenters. The minimum atomic E-state index is 0.334. The van der Waals surface area contributed by atoms with Crippen molar-refractivity contribution in [1.82, 2.24) is 9.97 Å². The third kappa shape index (κ3) is 4.76. The van der Waals surface area contributed by atoms with Gasteiger partial charge in [-0.2, -0.15) is 11.8 Å². The van der Waals surface area contributed by atoms with E-state index in [2.05, 4.69) is 33.9 Å². The monoisotopic (exact) mass is 257 g/mol. The molecule has 6 nitrogen and oxygen atoms in total. The standard InChI is InChI=1S/C10H19N5OS/c1-7(6-17-3)12-8-4-9(15-11)14-10(13-8)5-16-2/h4,7H,5-6,11H2,1-3H3,(H2,12,13,14,15). The molecule has 96 valence electrons. The Morgan fingerprint density at radius 1 is 1.47 bits per heavy atom. The molecule has 1 aromatic rings. The molecule has 1 atom stereocenters. The molecule has 0 fully saturated rings. The molecule has 0 spiro atoms. The molecule has 0 saturated carbocycles. The summed E-state index contributed by atoms with van der Waals surface area (Å²) in [5.74, 6) is 8.29. The van der Waals surface area contributed by atoms with E-state index in [1.165, 1.54) is 0 Å². The van der Waals surface area contributed by atoms with E-state index in [9.17, 15) is 0 Å². The third-order valence-electron chi connectivity index (χ3n) is 2.00. The first-order chi connectivity index (χ1) is 8.19. The summed E-state index contributed by atoms with van der Waals surface area (Å²) in [4.78, 5) is 8.52. The van der Waals surface area contributed by atoms with Gasteiger partial charge in [0.1, 0.15) is 18.2 Å². The first-order valence-electron chi connectivity index (χ1n) is 5.28. The number of ether oxygens (including phenoxy) is 1. The van der Waals surface area contributed by atoms with Gasteiger partial charge < -0.3 is 15.5 Å². The molecule has 1 heterocycles. The van der Waals surface area contributed by atoms with Crippen molar-refractivity contribution in [3.05, 3.63) is 11.9 Å². The summed E-state index contributed by atoms with van der Waals surface area (Å²) in [5.41, 5.74) is 2.52. The zero-order valence-electron chi connectivity index (χ0n) is 10.4. The van der Waals surface area contributed by atoms with Gasteiger partial charge in [0.25, 0.3) is 0 Å². The third-order valence-corrected chi connectivity index (χ3v) is 2.84. The highest BCUT2D eigenvalue weighted by Gasteiger charge is 2.06. The Balaban J connectivity index is 2.79. The fourth-order valence-corrected chi connectivity index (χ4v) is 1.97. The molecule has 4 N–H and O–H groups in total. The lowest BCUT2D eigenvalue weighted by molar-refractivity contribution is 0.178. The fraction of sp³-hybridized carbons (Fsp3) is 0.600. The number of anilines is 2. The summed E-state index contributed by atoms with van der Waals surface area (Å²) in [5, 5.41) is 3.29. The van der Waals surface area contributed by atoms with Crippen LogP contribution in [0, 0.1) is 0 Å². The molecule has 0 aliphatic carbocycles. The summed E-state index contributed by atoms with van der Waals surface area (Å²) in [7, 11) is 1.61. The van der Waals surface area contributed by atoms with Crippen molar-refractivity contribution in [1.29, 1.82) is 0 Å². The second kappa shape index (κ2) is 7.31. The van der Waals surface area contributed by atoms with Crippen LogP contribution in [-0.4, -0.2) is 35.1 Å². The van der Waals surface area contributed by atoms with E-state index in [1.807, 2.05) is 0 Å². The van der Waals surface area contributed by atoms with Crippen LogP contribution in [-0.2, 0) is 11.3 Å². The summed E-state index contributed by atoms with van der Waals surface area (Å²) in [6.45, 7) is 2.46. The first kappa shape index (κ1) is 14.0. The fourth-order valence-electron chi connectivity index (χ4n) is 1.38. The summed E-state index contributed by atoms with van der Waals surface area (Å²) in [6.07, 6.45) is 2.07. The highest BCUT2D eigenvalue weighted by Crippen LogP contribution is 2.13. The van der Waals surface area contributed by atoms with Crippen molar-refractivity contribution in [2.75, 3.05) is 29.9 Å². The summed E-state index contributed by atoms with van der Waals surface area (Å²) >= 11 is 1.78. The van der Waals surface area contributed by atoms with Gasteiger partial charge in [-0.25, -0.2) is 15.8 Å². The number of nitrogens with zero attached hydrogens (tertiary/aromatic N) is 2. The lowest BCUT2D eigenvalue weighted by atomic mass is 10.4. The highest BCUT2D eigenvalue weighted by atomic mass is 32.2. The van der Waals surface area contributed by atoms with Crippen LogP contribution in [0.4, 0.5) is 11.6 Å². The second-order valence-corrected chi connectivity index (χ2v) is 4.54. The molecular formula is C10H19N5OS. The number of rotatable bonds is 7. The number of hydrogen-bond acceptors (Lipinski definition) is 7. The Morgan fingerprint density at radius 3 is 2.76 bits per heavy atom. The van der Waals surface area contributed by atoms with Crippen molar-refractivity contribution in [2.45, 2.75) is 19.6 Å². The number of hydrogen-bond donors (Lipinski definition) is 3. The predicted octanol–water partition coefficient (Wildman–Crippen LogP) is 1.07. The average molecular weight is 257 g/mol. The molecule has 7 heteroatoms. The Bertz CT molecular complexity index is 349. The van der Waals surface area contributed by atoms with Gasteiger partial charge in [0.05, 0.1) is 0 Å². The number of nitrogen functional groups attached to an aromatic ring is 1. The van der Waals surface area contributed by atoms with E-state index in [0.29, 0.717) is 24.3 Å². The van der Waals surface area contributed by atoms with Gasteiger partial charge in [0.2, 0.25) is 0 Å². The summed E-state index contributed by atoms with van der Waals surface area (Å²) < 4.78 is 5.01. The van der Waals surface area contributed by atoms with Crippen molar-refractivity contribution >= 4 is 23.4 Å². The lowest BCUT2D eigenvalue weighted by Crippen LogP contribution is -2.20. The van der Waals surface area contributed by atoms with Gasteiger partial charge in [-0.05, 0) is 13.2 Å². The normalized spacial score (nSPS) is 12.2. The van der Waals surface area contributed by atoms with Crippen LogP contribution >= 0.6 is 11.8 Å². The van der Waals surface area contributed by atoms with Gasteiger partial charge >= 0.3 is 0 Å². The van der Waals surface area contributed by atoms with Crippen LogP contribution < -0.4 is 16.6 Å². The molecule has 0 saturated heterocycles. The SMILES string of the molecule is COCc1nc(NN)cc(NC(C)CSC)n1. The molecule has 0 bridgehead atoms. The Morgan fingerprint density at radius 2 is 2.18 bits per heavy atom. The minimum Gasteiger partial charge on any atom is -0.377 e. The first-order valence-corrected chi connectivity index (χ1v) is 6.68. The van der Waals surface area contributed by atoms with Gasteiger partial charge in [0, 0.05) is 25.0 Å². The van der Waals surface area contributed by atoms with Crippen LogP contribution in [0.15, 0.2) is 6.07 Å². The van der Waals surface area contributed by atoms with E-state index in [0.717, 1.165) is 11.6 Å². The molecule has 1 rings (SSSR count). The number of thioether (sulfide) groups is 1. The van der Waals surface area contributed by atoms with Crippen LogP contribution in [0.5, 0.6) is 0 Å². The topological polar surface area (TPSA) is 85.1 Å². The van der Waals surface area contributed by atoms with E-state index in [4.69, 9.17) is 10.6 Å². The maximum atomic E-state index is 5.36. The van der Waals surface area contributed by atoms with Gasteiger partial charge in [-0.1, -0.05) is 0 Å². The van der Waals surface area contributed by atoms with Gasteiger partial charge in [-0.15, -0.1) is 0 Å². The molecule has 17 heavy (non-hydrogen) atoms. The van der Waals surface area contributed by atoms with E-state index < -0.39 is 0 Å². The van der Waals surface area contributed by atoms with E-state index in [-0.39, 0.29) is 0 Å². The quantitative estimate of drug-likeness (QED) is 0.497. The number of nitrogens with two attached hydrogens (primary N) is 1. The maximum Gasteiger partial charge on any atom is 0.158 e. The van der Waals surface area contributed by atoms with Gasteiger partial charge in [-0.3, -0.25) is 0 Å². The molecule has 0 amide bonds. The number of hydrazine groups is 1. The Hall–Kier alpha value is -1.05. The molecule has 0 aliphatic rings. The maximum absolute atomic E-state index is 5.36. The van der Waals surface area contributed by atoms with Crippen molar-refractivity contribution in [2.24, 2.45) is 5.84 Å². The predicted molar refractivity (Wildman–Crippen MR) is 72.0 cm³/mol.